The lowest BCUT2D eigenvalue weighted by Gasteiger charge is -2.10. The molecule has 0 heterocycles. The smallest absolute Gasteiger partial charge is 0.344 e. The first-order valence-electron chi connectivity index (χ1n) is 7.07. The quantitative estimate of drug-likeness (QED) is 0.774. The highest BCUT2D eigenvalue weighted by molar-refractivity contribution is 7.92. The Labute approximate surface area is 139 Å². The lowest BCUT2D eigenvalue weighted by atomic mass is 10.3. The summed E-state index contributed by atoms with van der Waals surface area (Å²) in [4.78, 5) is 11.2. The molecule has 0 saturated heterocycles. The zero-order chi connectivity index (χ0) is 17.6. The second kappa shape index (κ2) is 7.78. The van der Waals surface area contributed by atoms with Crippen molar-refractivity contribution in [2.75, 3.05) is 17.9 Å². The molecule has 0 aliphatic heterocycles. The zero-order valence-corrected chi connectivity index (χ0v) is 13.7. The number of anilines is 1. The summed E-state index contributed by atoms with van der Waals surface area (Å²) in [7, 11) is -3.85. The van der Waals surface area contributed by atoms with Gasteiger partial charge in [0.05, 0.1) is 17.2 Å². The molecule has 24 heavy (non-hydrogen) atoms. The van der Waals surface area contributed by atoms with E-state index in [2.05, 4.69) is 4.72 Å². The SMILES string of the molecule is CCOC(=O)COc1cccc(NS(=O)(=O)c2ccc(F)cc2)c1. The van der Waals surface area contributed by atoms with Crippen LogP contribution in [0.4, 0.5) is 10.1 Å². The third kappa shape index (κ3) is 4.95. The zero-order valence-electron chi connectivity index (χ0n) is 12.9. The Hall–Kier alpha value is -2.61. The maximum atomic E-state index is 12.9. The number of hydrogen-bond acceptors (Lipinski definition) is 5. The molecule has 2 rings (SSSR count). The van der Waals surface area contributed by atoms with Crippen LogP contribution in [0, 0.1) is 5.82 Å². The van der Waals surface area contributed by atoms with E-state index in [9.17, 15) is 17.6 Å². The minimum Gasteiger partial charge on any atom is -0.482 e. The number of nitrogens with one attached hydrogen (secondary N) is 1. The Morgan fingerprint density at radius 2 is 1.88 bits per heavy atom. The predicted octanol–water partition coefficient (Wildman–Crippen LogP) is 2.57. The summed E-state index contributed by atoms with van der Waals surface area (Å²) in [5.74, 6) is -0.736. The molecule has 2 aromatic carbocycles. The van der Waals surface area contributed by atoms with Crippen LogP contribution in [-0.2, 0) is 19.6 Å². The molecule has 0 bridgehead atoms. The highest BCUT2D eigenvalue weighted by Crippen LogP contribution is 2.21. The number of carbonyl (C=O) groups excluding carboxylic acids is 1. The summed E-state index contributed by atoms with van der Waals surface area (Å²) in [5.41, 5.74) is 0.251. The Balaban J connectivity index is 2.08. The molecule has 0 aliphatic rings. The van der Waals surface area contributed by atoms with Gasteiger partial charge < -0.3 is 9.47 Å². The number of ether oxygens (including phenoxy) is 2. The molecule has 0 amide bonds. The minimum absolute atomic E-state index is 0.0678. The molecule has 0 saturated carbocycles. The third-order valence-electron chi connectivity index (χ3n) is 2.87. The number of hydrogen-bond donors (Lipinski definition) is 1. The fraction of sp³-hybridized carbons (Fsp3) is 0.188. The molecule has 8 heteroatoms. The van der Waals surface area contributed by atoms with E-state index >= 15 is 0 Å². The first-order valence-corrected chi connectivity index (χ1v) is 8.56. The first-order chi connectivity index (χ1) is 11.4. The standard InChI is InChI=1S/C16H16FNO5S/c1-2-22-16(19)11-23-14-5-3-4-13(10-14)18-24(20,21)15-8-6-12(17)7-9-15/h3-10,18H,2,11H2,1H3. The van der Waals surface area contributed by atoms with Crippen molar-refractivity contribution in [2.24, 2.45) is 0 Å². The van der Waals surface area contributed by atoms with Gasteiger partial charge in [0.1, 0.15) is 11.6 Å². The van der Waals surface area contributed by atoms with Gasteiger partial charge in [-0.1, -0.05) is 6.07 Å². The van der Waals surface area contributed by atoms with Gasteiger partial charge in [0.2, 0.25) is 0 Å². The molecule has 0 spiro atoms. The van der Waals surface area contributed by atoms with Crippen molar-refractivity contribution in [3.8, 4) is 5.75 Å². The van der Waals surface area contributed by atoms with Crippen LogP contribution in [-0.4, -0.2) is 27.6 Å². The number of benzene rings is 2. The van der Waals surface area contributed by atoms with Crippen molar-refractivity contribution in [1.29, 1.82) is 0 Å². The minimum atomic E-state index is -3.85. The summed E-state index contributed by atoms with van der Waals surface area (Å²) in [6, 6.07) is 10.6. The van der Waals surface area contributed by atoms with Crippen LogP contribution >= 0.6 is 0 Å². The third-order valence-corrected chi connectivity index (χ3v) is 4.27. The van der Waals surface area contributed by atoms with E-state index in [1.165, 1.54) is 24.3 Å². The maximum Gasteiger partial charge on any atom is 0.344 e. The molecule has 0 fully saturated rings. The summed E-state index contributed by atoms with van der Waals surface area (Å²) < 4.78 is 49.7. The molecule has 0 aromatic heterocycles. The summed E-state index contributed by atoms with van der Waals surface area (Å²) in [5, 5.41) is 0. The topological polar surface area (TPSA) is 81.7 Å². The van der Waals surface area contributed by atoms with Crippen molar-refractivity contribution in [3.63, 3.8) is 0 Å². The molecule has 128 valence electrons. The first kappa shape index (κ1) is 17.7. The van der Waals surface area contributed by atoms with Gasteiger partial charge >= 0.3 is 5.97 Å². The average molecular weight is 353 g/mol. The average Bonchev–Trinajstić information content (AvgIpc) is 2.53. The van der Waals surface area contributed by atoms with Crippen LogP contribution in [0.15, 0.2) is 53.4 Å². The number of rotatable bonds is 7. The molecule has 2 aromatic rings. The largest absolute Gasteiger partial charge is 0.482 e. The highest BCUT2D eigenvalue weighted by Gasteiger charge is 2.14. The van der Waals surface area contributed by atoms with Crippen LogP contribution < -0.4 is 9.46 Å². The normalized spacial score (nSPS) is 10.9. The Morgan fingerprint density at radius 1 is 1.17 bits per heavy atom. The van der Waals surface area contributed by atoms with Crippen LogP contribution in [0.1, 0.15) is 6.92 Å². The van der Waals surface area contributed by atoms with Crippen LogP contribution in [0.2, 0.25) is 0 Å². The van der Waals surface area contributed by atoms with Gasteiger partial charge in [-0.3, -0.25) is 4.72 Å². The van der Waals surface area contributed by atoms with Gasteiger partial charge in [-0.25, -0.2) is 17.6 Å². The van der Waals surface area contributed by atoms with Gasteiger partial charge in [0.15, 0.2) is 6.61 Å². The van der Waals surface area contributed by atoms with Gasteiger partial charge in [-0.15, -0.1) is 0 Å². The molecule has 0 aliphatic carbocycles. The van der Waals surface area contributed by atoms with Crippen molar-refractivity contribution >= 4 is 21.7 Å². The monoisotopic (exact) mass is 353 g/mol. The Morgan fingerprint density at radius 3 is 2.54 bits per heavy atom. The number of carbonyl (C=O) groups is 1. The molecule has 1 N–H and O–H groups in total. The van der Waals surface area contributed by atoms with Crippen molar-refractivity contribution < 1.29 is 27.1 Å². The summed E-state index contributed by atoms with van der Waals surface area (Å²) in [6.07, 6.45) is 0. The Bertz CT molecular complexity index is 805. The summed E-state index contributed by atoms with van der Waals surface area (Å²) >= 11 is 0. The van der Waals surface area contributed by atoms with E-state index in [0.717, 1.165) is 12.1 Å². The molecule has 0 radical (unpaired) electrons. The van der Waals surface area contributed by atoms with Crippen LogP contribution in [0.25, 0.3) is 0 Å². The van der Waals surface area contributed by atoms with Crippen LogP contribution in [0.3, 0.4) is 0 Å². The predicted molar refractivity (Wildman–Crippen MR) is 85.8 cm³/mol. The maximum absolute atomic E-state index is 12.9. The van der Waals surface area contributed by atoms with Gasteiger partial charge in [-0.2, -0.15) is 0 Å². The number of esters is 1. The van der Waals surface area contributed by atoms with Crippen molar-refractivity contribution in [3.05, 3.63) is 54.3 Å². The second-order valence-electron chi connectivity index (χ2n) is 4.68. The number of halogens is 1. The fourth-order valence-electron chi connectivity index (χ4n) is 1.82. The molecule has 0 atom stereocenters. The van der Waals surface area contributed by atoms with E-state index in [4.69, 9.17) is 9.47 Å². The van der Waals surface area contributed by atoms with Crippen molar-refractivity contribution in [1.82, 2.24) is 0 Å². The molecule has 0 unspecified atom stereocenters. The van der Waals surface area contributed by atoms with E-state index in [-0.39, 0.29) is 23.8 Å². The summed E-state index contributed by atoms with van der Waals surface area (Å²) in [6.45, 7) is 1.66. The lowest BCUT2D eigenvalue weighted by Crippen LogP contribution is -2.15. The van der Waals surface area contributed by atoms with Crippen LogP contribution in [0.5, 0.6) is 5.75 Å². The molecular weight excluding hydrogens is 337 g/mol. The lowest BCUT2D eigenvalue weighted by molar-refractivity contribution is -0.145. The van der Waals surface area contributed by atoms with E-state index < -0.39 is 21.8 Å². The van der Waals surface area contributed by atoms with E-state index in [0.29, 0.717) is 5.75 Å². The molecular formula is C16H16FNO5S. The molecule has 6 nitrogen and oxygen atoms in total. The fourth-order valence-corrected chi connectivity index (χ4v) is 2.87. The van der Waals surface area contributed by atoms with E-state index in [1.54, 1.807) is 19.1 Å². The number of sulfonamides is 1. The second-order valence-corrected chi connectivity index (χ2v) is 6.36. The highest BCUT2D eigenvalue weighted by atomic mass is 32.2. The van der Waals surface area contributed by atoms with Gasteiger partial charge in [-0.05, 0) is 43.3 Å². The van der Waals surface area contributed by atoms with Crippen molar-refractivity contribution in [2.45, 2.75) is 11.8 Å². The van der Waals surface area contributed by atoms with Gasteiger partial charge in [0, 0.05) is 6.07 Å². The Kier molecular flexibility index (Phi) is 5.75. The van der Waals surface area contributed by atoms with Gasteiger partial charge in [0.25, 0.3) is 10.0 Å². The van der Waals surface area contributed by atoms with E-state index in [1.807, 2.05) is 0 Å².